The van der Waals surface area contributed by atoms with Crippen LogP contribution in [-0.2, 0) is 20.9 Å². The second-order valence-electron chi connectivity index (χ2n) is 11.3. The first-order chi connectivity index (χ1) is 19.4. The van der Waals surface area contributed by atoms with Gasteiger partial charge in [0.25, 0.3) is 0 Å². The average Bonchev–Trinajstić information content (AvgIpc) is 3.27. The van der Waals surface area contributed by atoms with Crippen molar-refractivity contribution < 1.29 is 19.5 Å². The third-order valence-electron chi connectivity index (χ3n) is 8.74. The van der Waals surface area contributed by atoms with Crippen molar-refractivity contribution in [2.45, 2.75) is 48.5 Å². The SMILES string of the molecule is CC(C)N1CC=C[C@]23S[C@@H]4C=CCN(Cc5ccccc5)C(=O)[C@@H]4[C@H]2C(=O)N([C@H](CO)c2ccccc2)C3C1=O. The van der Waals surface area contributed by atoms with Crippen LogP contribution in [0.25, 0.3) is 0 Å². The van der Waals surface area contributed by atoms with Crippen molar-refractivity contribution in [3.8, 4) is 0 Å². The lowest BCUT2D eigenvalue weighted by Crippen LogP contribution is -2.55. The molecule has 0 radical (unpaired) electrons. The number of likely N-dealkylation sites (tertiary alicyclic amines) is 1. The van der Waals surface area contributed by atoms with E-state index in [-0.39, 0.29) is 35.6 Å². The van der Waals surface area contributed by atoms with Crippen molar-refractivity contribution in [3.63, 3.8) is 0 Å². The van der Waals surface area contributed by atoms with Gasteiger partial charge in [-0.25, -0.2) is 0 Å². The Labute approximate surface area is 239 Å². The highest BCUT2D eigenvalue weighted by molar-refractivity contribution is 8.02. The highest BCUT2D eigenvalue weighted by Gasteiger charge is 2.71. The third kappa shape index (κ3) is 4.20. The van der Waals surface area contributed by atoms with E-state index in [1.165, 1.54) is 0 Å². The predicted molar refractivity (Wildman–Crippen MR) is 155 cm³/mol. The Morgan fingerprint density at radius 1 is 0.925 bits per heavy atom. The molecule has 2 aromatic rings. The molecule has 7 nitrogen and oxygen atoms in total. The summed E-state index contributed by atoms with van der Waals surface area (Å²) in [6.07, 6.45) is 8.11. The zero-order valence-electron chi connectivity index (χ0n) is 22.8. The van der Waals surface area contributed by atoms with E-state index in [2.05, 4.69) is 6.08 Å². The third-order valence-corrected chi connectivity index (χ3v) is 10.5. The number of carbonyl (C=O) groups excluding carboxylic acids is 3. The van der Waals surface area contributed by atoms with Crippen molar-refractivity contribution in [2.75, 3.05) is 19.7 Å². The smallest absolute Gasteiger partial charge is 0.247 e. The number of nitrogens with zero attached hydrogens (tertiary/aromatic N) is 3. The standard InChI is InChI=1S/C32H35N3O4S/c1-21(2)34-18-10-16-32-27(30(38)35(28(32)31(34)39)24(20-36)23-13-7-4-8-14-23)26-25(40-32)15-9-17-33(29(26)37)19-22-11-5-3-6-12-22/h3-16,21,24-28,36H,17-20H2,1-2H3/t24-,25-,26+,27+,28?,32+/m1/s1. The first-order valence-corrected chi connectivity index (χ1v) is 14.9. The molecule has 0 saturated carbocycles. The fourth-order valence-corrected chi connectivity index (χ4v) is 8.92. The lowest BCUT2D eigenvalue weighted by molar-refractivity contribution is -0.147. The van der Waals surface area contributed by atoms with Crippen molar-refractivity contribution in [1.82, 2.24) is 14.7 Å². The van der Waals surface area contributed by atoms with Gasteiger partial charge in [0.05, 0.1) is 29.2 Å². The van der Waals surface area contributed by atoms with Crippen LogP contribution in [0.4, 0.5) is 0 Å². The Hall–Kier alpha value is -3.36. The molecular weight excluding hydrogens is 522 g/mol. The highest BCUT2D eigenvalue weighted by Crippen LogP contribution is 2.62. The Morgan fingerprint density at radius 3 is 2.30 bits per heavy atom. The van der Waals surface area contributed by atoms with Crippen LogP contribution in [0, 0.1) is 11.8 Å². The van der Waals surface area contributed by atoms with Crippen LogP contribution in [0.3, 0.4) is 0 Å². The van der Waals surface area contributed by atoms with Gasteiger partial charge in [0.1, 0.15) is 6.04 Å². The van der Waals surface area contributed by atoms with Crippen molar-refractivity contribution in [3.05, 3.63) is 96.1 Å². The molecular formula is C32H35N3O4S. The maximum atomic E-state index is 14.6. The molecule has 2 aromatic carbocycles. The van der Waals surface area contributed by atoms with Gasteiger partial charge in [0.15, 0.2) is 0 Å². The Kier molecular flexibility index (Phi) is 7.09. The number of amides is 3. The number of aliphatic hydroxyl groups excluding tert-OH is 1. The predicted octanol–water partition coefficient (Wildman–Crippen LogP) is 3.42. The van der Waals surface area contributed by atoms with Crippen LogP contribution in [0.1, 0.15) is 31.0 Å². The second-order valence-corrected chi connectivity index (χ2v) is 12.8. The van der Waals surface area contributed by atoms with E-state index in [1.807, 2.05) is 97.6 Å². The Balaban J connectivity index is 1.45. The minimum absolute atomic E-state index is 0.0618. The molecule has 6 atom stereocenters. The molecule has 1 spiro atoms. The summed E-state index contributed by atoms with van der Waals surface area (Å²) >= 11 is 1.57. The number of fused-ring (bicyclic) bond motifs is 2. The average molecular weight is 558 g/mol. The maximum Gasteiger partial charge on any atom is 0.247 e. The van der Waals surface area contributed by atoms with Gasteiger partial charge in [-0.2, -0.15) is 0 Å². The molecule has 8 heteroatoms. The van der Waals surface area contributed by atoms with E-state index >= 15 is 0 Å². The molecule has 3 amide bonds. The molecule has 2 fully saturated rings. The summed E-state index contributed by atoms with van der Waals surface area (Å²) in [5.74, 6) is -1.75. The molecule has 40 heavy (non-hydrogen) atoms. The van der Waals surface area contributed by atoms with Gasteiger partial charge < -0.3 is 19.8 Å². The summed E-state index contributed by atoms with van der Waals surface area (Å²) in [4.78, 5) is 48.5. The van der Waals surface area contributed by atoms with E-state index in [4.69, 9.17) is 0 Å². The topological polar surface area (TPSA) is 81.2 Å². The number of benzene rings is 2. The van der Waals surface area contributed by atoms with Crippen LogP contribution in [-0.4, -0.2) is 79.3 Å². The monoisotopic (exact) mass is 557 g/mol. The Bertz CT molecular complexity index is 1350. The van der Waals surface area contributed by atoms with E-state index in [0.717, 1.165) is 11.1 Å². The molecule has 208 valence electrons. The summed E-state index contributed by atoms with van der Waals surface area (Å²) in [5, 5.41) is 10.4. The van der Waals surface area contributed by atoms with Crippen molar-refractivity contribution in [1.29, 1.82) is 0 Å². The molecule has 0 bridgehead atoms. The van der Waals surface area contributed by atoms with Crippen molar-refractivity contribution >= 4 is 29.5 Å². The van der Waals surface area contributed by atoms with Gasteiger partial charge in [0.2, 0.25) is 17.7 Å². The number of carbonyl (C=O) groups is 3. The quantitative estimate of drug-likeness (QED) is 0.551. The fourth-order valence-electron chi connectivity index (χ4n) is 6.92. The van der Waals surface area contributed by atoms with Gasteiger partial charge in [0, 0.05) is 30.9 Å². The van der Waals surface area contributed by atoms with Crippen LogP contribution < -0.4 is 0 Å². The van der Waals surface area contributed by atoms with Crippen LogP contribution >= 0.6 is 11.8 Å². The van der Waals surface area contributed by atoms with E-state index < -0.39 is 28.7 Å². The molecule has 4 aliphatic rings. The van der Waals surface area contributed by atoms with Crippen LogP contribution in [0.2, 0.25) is 0 Å². The largest absolute Gasteiger partial charge is 0.394 e. The molecule has 2 saturated heterocycles. The van der Waals surface area contributed by atoms with E-state index in [1.54, 1.807) is 21.6 Å². The number of hydrogen-bond acceptors (Lipinski definition) is 5. The Morgan fingerprint density at radius 2 is 1.62 bits per heavy atom. The summed E-state index contributed by atoms with van der Waals surface area (Å²) < 4.78 is -0.912. The highest BCUT2D eigenvalue weighted by atomic mass is 32.2. The van der Waals surface area contributed by atoms with E-state index in [9.17, 15) is 19.5 Å². The number of thioether (sulfide) groups is 1. The summed E-state index contributed by atoms with van der Waals surface area (Å²) in [6.45, 7) is 5.00. The molecule has 6 rings (SSSR count). The molecule has 1 N–H and O–H groups in total. The van der Waals surface area contributed by atoms with Gasteiger partial charge in [-0.15, -0.1) is 11.8 Å². The van der Waals surface area contributed by atoms with Gasteiger partial charge >= 0.3 is 0 Å². The molecule has 4 heterocycles. The molecule has 1 unspecified atom stereocenters. The fraction of sp³-hybridized carbons (Fsp3) is 0.406. The van der Waals surface area contributed by atoms with E-state index in [0.29, 0.717) is 19.6 Å². The lowest BCUT2D eigenvalue weighted by Gasteiger charge is -2.39. The second kappa shape index (κ2) is 10.6. The lowest BCUT2D eigenvalue weighted by atomic mass is 9.78. The van der Waals surface area contributed by atoms with Gasteiger partial charge in [-0.05, 0) is 25.0 Å². The van der Waals surface area contributed by atoms with Gasteiger partial charge in [-0.1, -0.05) is 85.0 Å². The molecule has 0 aliphatic carbocycles. The molecule has 4 aliphatic heterocycles. The molecule has 0 aromatic heterocycles. The maximum absolute atomic E-state index is 14.6. The summed E-state index contributed by atoms with van der Waals surface area (Å²) in [6, 6.07) is 17.7. The number of hydrogen-bond donors (Lipinski definition) is 1. The number of rotatable bonds is 6. The van der Waals surface area contributed by atoms with Crippen LogP contribution in [0.15, 0.2) is 85.0 Å². The summed E-state index contributed by atoms with van der Waals surface area (Å²) in [7, 11) is 0. The number of aliphatic hydroxyl groups is 1. The van der Waals surface area contributed by atoms with Crippen LogP contribution in [0.5, 0.6) is 0 Å². The first-order valence-electron chi connectivity index (χ1n) is 14.0. The first kappa shape index (κ1) is 26.8. The normalized spacial score (nSPS) is 30.3. The summed E-state index contributed by atoms with van der Waals surface area (Å²) in [5.41, 5.74) is 1.80. The zero-order valence-corrected chi connectivity index (χ0v) is 23.6. The minimum atomic E-state index is -0.912. The zero-order chi connectivity index (χ0) is 28.0. The minimum Gasteiger partial charge on any atom is -0.394 e. The van der Waals surface area contributed by atoms with Gasteiger partial charge in [-0.3, -0.25) is 14.4 Å². The van der Waals surface area contributed by atoms with Crippen molar-refractivity contribution in [2.24, 2.45) is 11.8 Å².